The molecule has 0 aliphatic carbocycles. The van der Waals surface area contributed by atoms with Gasteiger partial charge < -0.3 is 28.8 Å². The molecule has 6 rings (SSSR count). The number of aromatic nitrogens is 2. The first kappa shape index (κ1) is 32.9. The molecule has 0 saturated carbocycles. The fourth-order valence-electron chi connectivity index (χ4n) is 4.98. The van der Waals surface area contributed by atoms with Crippen molar-refractivity contribution in [3.8, 4) is 17.1 Å². The van der Waals surface area contributed by atoms with Crippen molar-refractivity contribution in [1.29, 1.82) is 0 Å². The molecule has 44 heavy (non-hydrogen) atoms. The van der Waals surface area contributed by atoms with Gasteiger partial charge in [0.05, 0.1) is 29.0 Å². The summed E-state index contributed by atoms with van der Waals surface area (Å²) in [6.07, 6.45) is 0.139. The quantitative estimate of drug-likeness (QED) is 0.259. The van der Waals surface area contributed by atoms with Crippen molar-refractivity contribution >= 4 is 46.8 Å². The summed E-state index contributed by atoms with van der Waals surface area (Å²) >= 11 is 5.72. The summed E-state index contributed by atoms with van der Waals surface area (Å²) in [5.74, 6) is -0.484. The third kappa shape index (κ3) is 6.73. The first-order chi connectivity index (χ1) is 20.6. The van der Waals surface area contributed by atoms with Crippen LogP contribution in [-0.4, -0.2) is 65.3 Å². The summed E-state index contributed by atoms with van der Waals surface area (Å²) in [4.78, 5) is 43.1. The molecule has 10 nitrogen and oxygen atoms in total. The molecule has 1 N–H and O–H groups in total. The molecule has 4 aromatic rings. The van der Waals surface area contributed by atoms with E-state index >= 15 is 0 Å². The van der Waals surface area contributed by atoms with E-state index in [0.29, 0.717) is 47.3 Å². The summed E-state index contributed by atoms with van der Waals surface area (Å²) in [5.41, 5.74) is 1.81. The Bertz CT molecular complexity index is 1740. The Morgan fingerprint density at radius 3 is 2.57 bits per heavy atom. The van der Waals surface area contributed by atoms with Gasteiger partial charge in [-0.15, -0.1) is 12.4 Å². The predicted octanol–water partition coefficient (Wildman–Crippen LogP) is 4.33. The summed E-state index contributed by atoms with van der Waals surface area (Å²) < 4.78 is 16.9. The average molecular weight is 643 g/mol. The van der Waals surface area contributed by atoms with Gasteiger partial charge in [0.25, 0.3) is 5.56 Å². The van der Waals surface area contributed by atoms with Crippen molar-refractivity contribution in [2.45, 2.75) is 32.1 Å². The van der Waals surface area contributed by atoms with Crippen LogP contribution in [0.4, 0.5) is 0 Å². The lowest BCUT2D eigenvalue weighted by Gasteiger charge is -2.31. The Hall–Kier alpha value is -3.96. The van der Waals surface area contributed by atoms with Crippen LogP contribution in [0, 0.1) is 0 Å². The number of para-hydroxylation sites is 1. The summed E-state index contributed by atoms with van der Waals surface area (Å²) in [7, 11) is 3.83. The molecule has 1 atom stereocenters. The average Bonchev–Trinajstić information content (AvgIpc) is 3.35. The molecule has 0 saturated heterocycles. The standard InChI is InChI=1S/C20H16N2O4.C12H16ClNO3.ClH/c1-2-20(25)14-8-16-17-12(7-11-5-3-4-6-15(11)21-17)9-22(16)18(23)13(14)10-26-19(20)24;1-14(2)7-8-16-12(15)9-17-11-5-3-10(13)4-6-11;/h3-8,25H,2,9-10H2,1H3;3-6H,7-9H2,1-2H3;1H. The summed E-state index contributed by atoms with van der Waals surface area (Å²) in [6, 6.07) is 18.4. The second kappa shape index (κ2) is 13.8. The van der Waals surface area contributed by atoms with Crippen LogP contribution in [0.1, 0.15) is 30.0 Å². The summed E-state index contributed by atoms with van der Waals surface area (Å²) in [6.45, 7) is 2.99. The van der Waals surface area contributed by atoms with Crippen molar-refractivity contribution in [2.75, 3.05) is 33.9 Å². The highest BCUT2D eigenvalue weighted by Gasteiger charge is 2.45. The largest absolute Gasteiger partial charge is 0.482 e. The molecule has 12 heteroatoms. The third-order valence-electron chi connectivity index (χ3n) is 7.39. The van der Waals surface area contributed by atoms with Gasteiger partial charge in [-0.3, -0.25) is 4.79 Å². The predicted molar refractivity (Wildman–Crippen MR) is 168 cm³/mol. The maximum atomic E-state index is 13.0. The van der Waals surface area contributed by atoms with Gasteiger partial charge in [0.2, 0.25) is 0 Å². The smallest absolute Gasteiger partial charge is 0.344 e. The molecule has 0 radical (unpaired) electrons. The number of ether oxygens (including phenoxy) is 3. The number of pyridine rings is 2. The van der Waals surface area contributed by atoms with Crippen LogP contribution in [0.2, 0.25) is 5.02 Å². The van der Waals surface area contributed by atoms with E-state index in [1.54, 1.807) is 41.8 Å². The molecular formula is C32H33Cl2N3O7. The molecule has 2 aliphatic rings. The van der Waals surface area contributed by atoms with E-state index in [9.17, 15) is 19.5 Å². The number of hydrogen-bond acceptors (Lipinski definition) is 9. The number of likely N-dealkylation sites (N-methyl/N-ethyl adjacent to an activating group) is 1. The lowest BCUT2D eigenvalue weighted by molar-refractivity contribution is -0.172. The topological polar surface area (TPSA) is 120 Å². The van der Waals surface area contributed by atoms with E-state index in [1.807, 2.05) is 49.3 Å². The lowest BCUT2D eigenvalue weighted by atomic mass is 9.86. The number of carbonyl (C=O) groups excluding carboxylic acids is 2. The van der Waals surface area contributed by atoms with E-state index in [-0.39, 0.29) is 43.6 Å². The van der Waals surface area contributed by atoms with Crippen molar-refractivity contribution in [3.63, 3.8) is 0 Å². The number of halogens is 2. The number of cyclic esters (lactones) is 1. The Labute approximate surface area is 265 Å². The maximum Gasteiger partial charge on any atom is 0.344 e. The zero-order valence-electron chi connectivity index (χ0n) is 24.5. The number of esters is 2. The molecule has 0 fully saturated rings. The first-order valence-corrected chi connectivity index (χ1v) is 14.2. The van der Waals surface area contributed by atoms with Crippen LogP contribution < -0.4 is 10.3 Å². The Kier molecular flexibility index (Phi) is 10.3. The molecule has 2 aromatic carbocycles. The molecule has 0 amide bonds. The van der Waals surface area contributed by atoms with Crippen LogP contribution in [0.15, 0.2) is 65.5 Å². The molecule has 0 bridgehead atoms. The molecule has 2 aromatic heterocycles. The van der Waals surface area contributed by atoms with Crippen LogP contribution in [0.5, 0.6) is 5.75 Å². The van der Waals surface area contributed by atoms with Crippen molar-refractivity contribution in [3.05, 3.63) is 92.7 Å². The van der Waals surface area contributed by atoms with E-state index in [4.69, 9.17) is 30.8 Å². The van der Waals surface area contributed by atoms with Gasteiger partial charge in [-0.05, 0) is 63.0 Å². The van der Waals surface area contributed by atoms with Crippen LogP contribution in [-0.2, 0) is 37.8 Å². The van der Waals surface area contributed by atoms with Gasteiger partial charge in [-0.25, -0.2) is 14.6 Å². The van der Waals surface area contributed by atoms with Crippen molar-refractivity contribution < 1.29 is 28.9 Å². The van der Waals surface area contributed by atoms with Crippen LogP contribution in [0.3, 0.4) is 0 Å². The fraction of sp³-hybridized carbons (Fsp3) is 0.312. The van der Waals surface area contributed by atoms with Gasteiger partial charge in [0.1, 0.15) is 19.0 Å². The number of nitrogens with zero attached hydrogens (tertiary/aromatic N) is 3. The second-order valence-corrected chi connectivity index (χ2v) is 11.0. The highest BCUT2D eigenvalue weighted by molar-refractivity contribution is 6.30. The SMILES string of the molecule is CCC1(O)C(=O)OCc2c1cc1n(c2=O)Cc2cc3ccccc3nc2-1.CN(C)CCOC(=O)COc1ccc(Cl)cc1.Cl. The van der Waals surface area contributed by atoms with E-state index < -0.39 is 11.6 Å². The second-order valence-electron chi connectivity index (χ2n) is 10.6. The van der Waals surface area contributed by atoms with Gasteiger partial charge in [-0.1, -0.05) is 36.7 Å². The van der Waals surface area contributed by atoms with E-state index in [2.05, 4.69) is 0 Å². The number of hydrogen-bond donors (Lipinski definition) is 1. The third-order valence-corrected chi connectivity index (χ3v) is 7.64. The van der Waals surface area contributed by atoms with Crippen LogP contribution >= 0.6 is 24.0 Å². The minimum atomic E-state index is -1.79. The molecule has 1 unspecified atom stereocenters. The summed E-state index contributed by atoms with van der Waals surface area (Å²) in [5, 5.41) is 12.5. The number of rotatable bonds is 7. The number of benzene rings is 2. The number of aliphatic hydroxyl groups is 1. The maximum absolute atomic E-state index is 13.0. The molecule has 232 valence electrons. The normalized spacial score (nSPS) is 16.1. The lowest BCUT2D eigenvalue weighted by Crippen LogP contribution is -2.44. The molecular weight excluding hydrogens is 609 g/mol. The van der Waals surface area contributed by atoms with Crippen molar-refractivity contribution in [2.24, 2.45) is 0 Å². The fourth-order valence-corrected chi connectivity index (χ4v) is 5.11. The van der Waals surface area contributed by atoms with Crippen LogP contribution in [0.25, 0.3) is 22.3 Å². The van der Waals surface area contributed by atoms with Gasteiger partial charge in [0, 0.05) is 28.1 Å². The van der Waals surface area contributed by atoms with Gasteiger partial charge in [0.15, 0.2) is 12.2 Å². The zero-order valence-corrected chi connectivity index (χ0v) is 26.1. The van der Waals surface area contributed by atoms with E-state index in [0.717, 1.165) is 22.2 Å². The highest BCUT2D eigenvalue weighted by Crippen LogP contribution is 2.38. The highest BCUT2D eigenvalue weighted by atomic mass is 35.5. The molecule has 2 aliphatic heterocycles. The minimum absolute atomic E-state index is 0. The molecule has 4 heterocycles. The number of carbonyl (C=O) groups is 2. The Balaban J connectivity index is 0.000000216. The van der Waals surface area contributed by atoms with Gasteiger partial charge in [-0.2, -0.15) is 0 Å². The molecule has 0 spiro atoms. The monoisotopic (exact) mass is 641 g/mol. The minimum Gasteiger partial charge on any atom is -0.482 e. The van der Waals surface area contributed by atoms with E-state index in [1.165, 1.54) is 0 Å². The Morgan fingerprint density at radius 2 is 1.86 bits per heavy atom. The van der Waals surface area contributed by atoms with Crippen molar-refractivity contribution in [1.82, 2.24) is 14.5 Å². The first-order valence-electron chi connectivity index (χ1n) is 13.8. The zero-order chi connectivity index (χ0) is 30.7. The van der Waals surface area contributed by atoms with Gasteiger partial charge >= 0.3 is 11.9 Å². The Morgan fingerprint density at radius 1 is 1.14 bits per heavy atom. The number of fused-ring (bicyclic) bond motifs is 5.